The summed E-state index contributed by atoms with van der Waals surface area (Å²) in [6.07, 6.45) is -2.79. The normalized spacial score (nSPS) is 29.6. The fourth-order valence-electron chi connectivity index (χ4n) is 2.18. The molecule has 1 aliphatic rings. The third-order valence-electron chi connectivity index (χ3n) is 3.31. The summed E-state index contributed by atoms with van der Waals surface area (Å²) in [4.78, 5) is 19.6. The molecule has 110 valence electrons. The van der Waals surface area contributed by atoms with Gasteiger partial charge in [-0.15, -0.1) is 0 Å². The van der Waals surface area contributed by atoms with Crippen LogP contribution in [-0.2, 0) is 11.2 Å². The first-order valence-electron chi connectivity index (χ1n) is 6.24. The van der Waals surface area contributed by atoms with Crippen molar-refractivity contribution in [3.63, 3.8) is 0 Å². The first kappa shape index (κ1) is 14.8. The van der Waals surface area contributed by atoms with Gasteiger partial charge < -0.3 is 20.1 Å². The van der Waals surface area contributed by atoms with Crippen molar-refractivity contribution in [1.29, 1.82) is 0 Å². The summed E-state index contributed by atoms with van der Waals surface area (Å²) in [5.41, 5.74) is 0.280. The summed E-state index contributed by atoms with van der Waals surface area (Å²) < 4.78 is 6.33. The molecule has 1 aromatic rings. The van der Waals surface area contributed by atoms with Gasteiger partial charge in [0, 0.05) is 6.20 Å². The van der Waals surface area contributed by atoms with Crippen molar-refractivity contribution in [2.75, 3.05) is 6.61 Å². The zero-order chi connectivity index (χ0) is 14.9. The summed E-state index contributed by atoms with van der Waals surface area (Å²) in [6.45, 7) is 4.77. The molecule has 4 atom stereocenters. The van der Waals surface area contributed by atoms with E-state index in [9.17, 15) is 15.0 Å². The van der Waals surface area contributed by atoms with Crippen LogP contribution in [0.25, 0.3) is 0 Å². The van der Waals surface area contributed by atoms with Crippen molar-refractivity contribution in [3.05, 3.63) is 22.4 Å². The lowest BCUT2D eigenvalue weighted by Crippen LogP contribution is -2.36. The Morgan fingerprint density at radius 2 is 2.20 bits per heavy atom. The van der Waals surface area contributed by atoms with Gasteiger partial charge in [0.1, 0.15) is 24.0 Å². The average Bonchev–Trinajstić information content (AvgIpc) is 2.74. The number of aliphatic imine (C=N–C) groups is 1. The Bertz CT molecular complexity index is 559. The molecular formula is C12H17N3O5. The second-order valence-corrected chi connectivity index (χ2v) is 4.50. The molecule has 0 bridgehead atoms. The lowest BCUT2D eigenvalue weighted by molar-refractivity contribution is -0.0549. The van der Waals surface area contributed by atoms with Crippen molar-refractivity contribution in [2.24, 2.45) is 4.99 Å². The molecule has 20 heavy (non-hydrogen) atoms. The van der Waals surface area contributed by atoms with Gasteiger partial charge in [0.05, 0.1) is 12.3 Å². The standard InChI is InChI=1S/C12H17N3O5/c1-3-6-7(13-2)4-15(12(19)14-6)11-10(18)9(17)8(5-16)20-11/h4,8-11,16-18H,2-3,5H2,1H3/t8-,9?,10+,11-/m1/s1. The number of hydrogen-bond donors (Lipinski definition) is 3. The molecular weight excluding hydrogens is 266 g/mol. The highest BCUT2D eigenvalue weighted by Crippen LogP contribution is 2.29. The van der Waals surface area contributed by atoms with E-state index in [0.717, 1.165) is 4.57 Å². The molecule has 0 amide bonds. The van der Waals surface area contributed by atoms with E-state index in [1.54, 1.807) is 0 Å². The molecule has 1 aliphatic heterocycles. The molecule has 2 heterocycles. The molecule has 0 aromatic carbocycles. The highest BCUT2D eigenvalue weighted by atomic mass is 16.6. The molecule has 1 saturated heterocycles. The van der Waals surface area contributed by atoms with Crippen LogP contribution in [0.3, 0.4) is 0 Å². The Morgan fingerprint density at radius 1 is 1.50 bits per heavy atom. The Kier molecular flexibility index (Phi) is 4.29. The van der Waals surface area contributed by atoms with Crippen molar-refractivity contribution < 1.29 is 20.1 Å². The van der Waals surface area contributed by atoms with E-state index in [2.05, 4.69) is 16.7 Å². The van der Waals surface area contributed by atoms with Crippen molar-refractivity contribution in [2.45, 2.75) is 37.9 Å². The summed E-state index contributed by atoms with van der Waals surface area (Å²) in [7, 11) is 0. The fraction of sp³-hybridized carbons (Fsp3) is 0.583. The number of aromatic nitrogens is 2. The summed E-state index contributed by atoms with van der Waals surface area (Å²) >= 11 is 0. The van der Waals surface area contributed by atoms with Crippen LogP contribution < -0.4 is 5.69 Å². The minimum absolute atomic E-state index is 0.407. The summed E-state index contributed by atoms with van der Waals surface area (Å²) in [5, 5.41) is 28.7. The van der Waals surface area contributed by atoms with Crippen LogP contribution in [0, 0.1) is 0 Å². The zero-order valence-electron chi connectivity index (χ0n) is 11.0. The SMILES string of the molecule is C=Nc1cn([C@@H]2O[C@H](CO)C(O)[C@@H]2O)c(=O)nc1CC. The van der Waals surface area contributed by atoms with Crippen LogP contribution in [0.15, 0.2) is 16.0 Å². The molecule has 1 aromatic heterocycles. The number of aryl methyl sites for hydroxylation is 1. The third kappa shape index (κ3) is 2.38. The second kappa shape index (κ2) is 5.80. The van der Waals surface area contributed by atoms with Crippen molar-refractivity contribution >= 4 is 12.4 Å². The van der Waals surface area contributed by atoms with Crippen LogP contribution in [0.4, 0.5) is 5.69 Å². The number of rotatable bonds is 4. The Hall–Kier alpha value is -1.61. The molecule has 1 unspecified atom stereocenters. The van der Waals surface area contributed by atoms with Crippen LogP contribution in [0.5, 0.6) is 0 Å². The van der Waals surface area contributed by atoms with E-state index in [1.165, 1.54) is 6.20 Å². The maximum Gasteiger partial charge on any atom is 0.350 e. The van der Waals surface area contributed by atoms with Crippen molar-refractivity contribution in [3.8, 4) is 0 Å². The molecule has 3 N–H and O–H groups in total. The Morgan fingerprint density at radius 3 is 2.70 bits per heavy atom. The zero-order valence-corrected chi connectivity index (χ0v) is 11.0. The predicted molar refractivity (Wildman–Crippen MR) is 70.1 cm³/mol. The highest BCUT2D eigenvalue weighted by molar-refractivity contribution is 5.47. The topological polar surface area (TPSA) is 117 Å². The smallest absolute Gasteiger partial charge is 0.350 e. The largest absolute Gasteiger partial charge is 0.394 e. The maximum absolute atomic E-state index is 12.0. The molecule has 0 spiro atoms. The Balaban J connectivity index is 2.43. The summed E-state index contributed by atoms with van der Waals surface area (Å²) in [5.74, 6) is 0. The first-order chi connectivity index (χ1) is 9.53. The van der Waals surface area contributed by atoms with E-state index in [4.69, 9.17) is 9.84 Å². The van der Waals surface area contributed by atoms with Gasteiger partial charge >= 0.3 is 5.69 Å². The van der Waals surface area contributed by atoms with E-state index < -0.39 is 36.8 Å². The minimum atomic E-state index is -1.34. The molecule has 2 rings (SSSR count). The second-order valence-electron chi connectivity index (χ2n) is 4.50. The molecule has 0 aliphatic carbocycles. The van der Waals surface area contributed by atoms with E-state index in [1.807, 2.05) is 6.92 Å². The minimum Gasteiger partial charge on any atom is -0.394 e. The van der Waals surface area contributed by atoms with E-state index in [0.29, 0.717) is 17.8 Å². The fourth-order valence-corrected chi connectivity index (χ4v) is 2.18. The van der Waals surface area contributed by atoms with Crippen molar-refractivity contribution in [1.82, 2.24) is 9.55 Å². The molecule has 0 saturated carbocycles. The quantitative estimate of drug-likeness (QED) is 0.594. The van der Waals surface area contributed by atoms with Crippen LogP contribution in [0.2, 0.25) is 0 Å². The highest BCUT2D eigenvalue weighted by Gasteiger charge is 2.43. The molecule has 1 fully saturated rings. The number of hydrogen-bond acceptors (Lipinski definition) is 7. The number of aliphatic hydroxyl groups excluding tert-OH is 3. The van der Waals surface area contributed by atoms with Crippen LogP contribution >= 0.6 is 0 Å². The van der Waals surface area contributed by atoms with Gasteiger partial charge in [0.25, 0.3) is 0 Å². The van der Waals surface area contributed by atoms with Gasteiger partial charge in [-0.05, 0) is 13.1 Å². The predicted octanol–water partition coefficient (Wildman–Crippen LogP) is -1.25. The van der Waals surface area contributed by atoms with Gasteiger partial charge in [0.2, 0.25) is 0 Å². The van der Waals surface area contributed by atoms with Gasteiger partial charge in [-0.3, -0.25) is 9.56 Å². The number of aliphatic hydroxyl groups is 3. The molecule has 8 nitrogen and oxygen atoms in total. The molecule has 0 radical (unpaired) electrons. The van der Waals surface area contributed by atoms with Gasteiger partial charge in [0.15, 0.2) is 6.23 Å². The Labute approximate surface area is 115 Å². The van der Waals surface area contributed by atoms with E-state index in [-0.39, 0.29) is 0 Å². The monoisotopic (exact) mass is 283 g/mol. The van der Waals surface area contributed by atoms with Crippen LogP contribution in [-0.4, -0.2) is 56.5 Å². The maximum atomic E-state index is 12.0. The first-order valence-corrected chi connectivity index (χ1v) is 6.24. The van der Waals surface area contributed by atoms with Gasteiger partial charge in [-0.25, -0.2) is 4.79 Å². The van der Waals surface area contributed by atoms with Crippen LogP contribution in [0.1, 0.15) is 18.8 Å². The van der Waals surface area contributed by atoms with Gasteiger partial charge in [-0.2, -0.15) is 4.98 Å². The van der Waals surface area contributed by atoms with Gasteiger partial charge in [-0.1, -0.05) is 6.92 Å². The number of nitrogens with zero attached hydrogens (tertiary/aromatic N) is 3. The van der Waals surface area contributed by atoms with E-state index >= 15 is 0 Å². The lowest BCUT2D eigenvalue weighted by Gasteiger charge is -2.18. The third-order valence-corrected chi connectivity index (χ3v) is 3.31. The molecule has 8 heteroatoms. The lowest BCUT2D eigenvalue weighted by atomic mass is 10.1. The average molecular weight is 283 g/mol. The summed E-state index contributed by atoms with van der Waals surface area (Å²) in [6, 6.07) is 0. The number of ether oxygens (including phenoxy) is 1.